The molecule has 1 atom stereocenters. The normalized spacial score (nSPS) is 13.4. The van der Waals surface area contributed by atoms with Crippen LogP contribution in [0.3, 0.4) is 0 Å². The Hall–Kier alpha value is -0.940. The average molecular weight is 441 g/mol. The Bertz CT molecular complexity index is 479. The first-order valence-electron chi connectivity index (χ1n) is 7.35. The number of nitrogens with zero attached hydrogens (tertiary/aromatic N) is 3. The fraction of sp³-hybridized carbons (Fsp3) is 0.786. The minimum Gasteiger partial charge on any atom is -0.377 e. The summed E-state index contributed by atoms with van der Waals surface area (Å²) >= 11 is 0. The highest BCUT2D eigenvalue weighted by atomic mass is 127. The molecular weight excluding hydrogens is 413 g/mol. The van der Waals surface area contributed by atoms with Gasteiger partial charge < -0.3 is 24.6 Å². The predicted octanol–water partition coefficient (Wildman–Crippen LogP) is 1.88. The molecule has 0 aliphatic rings. The van der Waals surface area contributed by atoms with Crippen molar-refractivity contribution >= 4 is 29.9 Å². The summed E-state index contributed by atoms with van der Waals surface area (Å²) in [4.78, 5) is 8.42. The van der Waals surface area contributed by atoms with Crippen LogP contribution in [-0.2, 0) is 16.0 Å². The van der Waals surface area contributed by atoms with Gasteiger partial charge >= 0.3 is 0 Å². The molecule has 8 nitrogen and oxygen atoms in total. The third kappa shape index (κ3) is 7.93. The van der Waals surface area contributed by atoms with Gasteiger partial charge in [-0.15, -0.1) is 24.0 Å². The maximum absolute atomic E-state index is 5.42. The van der Waals surface area contributed by atoms with Gasteiger partial charge in [-0.05, 0) is 27.7 Å². The molecule has 1 heterocycles. The monoisotopic (exact) mass is 441 g/mol. The van der Waals surface area contributed by atoms with Crippen LogP contribution in [0, 0.1) is 0 Å². The van der Waals surface area contributed by atoms with E-state index in [1.165, 1.54) is 0 Å². The van der Waals surface area contributed by atoms with E-state index in [1.807, 2.05) is 27.7 Å². The second-order valence-electron chi connectivity index (χ2n) is 5.39. The highest BCUT2D eigenvalue weighted by Gasteiger charge is 2.17. The summed E-state index contributed by atoms with van der Waals surface area (Å²) in [6.45, 7) is 9.42. The molecule has 134 valence electrons. The largest absolute Gasteiger partial charge is 0.377 e. The fourth-order valence-electron chi connectivity index (χ4n) is 1.58. The van der Waals surface area contributed by atoms with Gasteiger partial charge in [-0.3, -0.25) is 4.99 Å². The van der Waals surface area contributed by atoms with E-state index in [0.29, 0.717) is 37.4 Å². The van der Waals surface area contributed by atoms with Gasteiger partial charge in [0.25, 0.3) is 0 Å². The molecule has 23 heavy (non-hydrogen) atoms. The number of ether oxygens (including phenoxy) is 2. The van der Waals surface area contributed by atoms with Crippen molar-refractivity contribution in [2.45, 2.75) is 45.9 Å². The number of guanidine groups is 1. The van der Waals surface area contributed by atoms with Gasteiger partial charge in [-0.1, -0.05) is 5.16 Å². The Kier molecular flexibility index (Phi) is 10.3. The molecule has 0 saturated heterocycles. The Morgan fingerprint density at radius 3 is 2.65 bits per heavy atom. The van der Waals surface area contributed by atoms with Gasteiger partial charge in [0, 0.05) is 27.3 Å². The van der Waals surface area contributed by atoms with Gasteiger partial charge in [-0.25, -0.2) is 0 Å². The van der Waals surface area contributed by atoms with Gasteiger partial charge in [0.2, 0.25) is 5.89 Å². The SMILES string of the molecule is CCOC(C)c1noc(CNC(=NC)NCC(C)(C)OC)n1.I. The summed E-state index contributed by atoms with van der Waals surface area (Å²) in [6.07, 6.45) is -0.178. The number of nitrogens with one attached hydrogen (secondary N) is 2. The van der Waals surface area contributed by atoms with Crippen molar-refractivity contribution in [3.8, 4) is 0 Å². The summed E-state index contributed by atoms with van der Waals surface area (Å²) in [5, 5.41) is 10.2. The molecule has 2 N–H and O–H groups in total. The molecule has 0 bridgehead atoms. The maximum Gasteiger partial charge on any atom is 0.246 e. The van der Waals surface area contributed by atoms with Crippen LogP contribution in [-0.4, -0.2) is 49.0 Å². The Morgan fingerprint density at radius 2 is 2.09 bits per heavy atom. The summed E-state index contributed by atoms with van der Waals surface area (Å²) in [5.41, 5.74) is -0.276. The fourth-order valence-corrected chi connectivity index (χ4v) is 1.58. The van der Waals surface area contributed by atoms with Crippen LogP contribution in [0.1, 0.15) is 45.5 Å². The lowest BCUT2D eigenvalue weighted by Gasteiger charge is -2.24. The maximum atomic E-state index is 5.42. The first-order chi connectivity index (χ1) is 10.4. The van der Waals surface area contributed by atoms with Gasteiger partial charge in [-0.2, -0.15) is 4.98 Å². The zero-order valence-electron chi connectivity index (χ0n) is 14.7. The molecule has 0 aliphatic heterocycles. The Balaban J connectivity index is 0.00000484. The molecule has 0 fully saturated rings. The standard InChI is InChI=1S/C14H27N5O3.HI/c1-7-21-10(2)12-18-11(22-19-12)8-16-13(15-5)17-9-14(3,4)20-6;/h10H,7-9H2,1-6H3,(H2,15,16,17);1H. The Morgan fingerprint density at radius 1 is 1.39 bits per heavy atom. The lowest BCUT2D eigenvalue weighted by atomic mass is 10.1. The second kappa shape index (κ2) is 10.8. The van der Waals surface area contributed by atoms with Crippen LogP contribution in [0.2, 0.25) is 0 Å². The van der Waals surface area contributed by atoms with Crippen LogP contribution in [0.15, 0.2) is 9.52 Å². The highest BCUT2D eigenvalue weighted by molar-refractivity contribution is 14.0. The minimum atomic E-state index is -0.276. The zero-order valence-corrected chi connectivity index (χ0v) is 17.0. The molecule has 1 aromatic rings. The number of rotatable bonds is 8. The first kappa shape index (κ1) is 22.1. The third-order valence-electron chi connectivity index (χ3n) is 3.13. The minimum absolute atomic E-state index is 0. The molecule has 9 heteroatoms. The van der Waals surface area contributed by atoms with E-state index in [1.54, 1.807) is 14.2 Å². The molecular formula is C14H28IN5O3. The van der Waals surface area contributed by atoms with Crippen LogP contribution in [0.25, 0.3) is 0 Å². The number of aromatic nitrogens is 2. The van der Waals surface area contributed by atoms with Crippen molar-refractivity contribution in [2.24, 2.45) is 4.99 Å². The van der Waals surface area contributed by atoms with Crippen molar-refractivity contribution in [3.05, 3.63) is 11.7 Å². The van der Waals surface area contributed by atoms with Crippen LogP contribution >= 0.6 is 24.0 Å². The molecule has 0 aromatic carbocycles. The number of halogens is 1. The van der Waals surface area contributed by atoms with Crippen LogP contribution < -0.4 is 10.6 Å². The molecule has 1 rings (SSSR count). The van der Waals surface area contributed by atoms with Crippen molar-refractivity contribution in [1.29, 1.82) is 0 Å². The van der Waals surface area contributed by atoms with E-state index in [2.05, 4.69) is 25.8 Å². The van der Waals surface area contributed by atoms with Gasteiger partial charge in [0.15, 0.2) is 11.8 Å². The molecule has 1 unspecified atom stereocenters. The van der Waals surface area contributed by atoms with Crippen LogP contribution in [0.5, 0.6) is 0 Å². The van der Waals surface area contributed by atoms with Crippen LogP contribution in [0.4, 0.5) is 0 Å². The summed E-state index contributed by atoms with van der Waals surface area (Å²) < 4.78 is 16.0. The number of hydrogen-bond acceptors (Lipinski definition) is 6. The van der Waals surface area contributed by atoms with E-state index in [-0.39, 0.29) is 35.7 Å². The molecule has 1 aromatic heterocycles. The van der Waals surface area contributed by atoms with Crippen molar-refractivity contribution in [1.82, 2.24) is 20.8 Å². The molecule has 0 amide bonds. The van der Waals surface area contributed by atoms with Gasteiger partial charge in [0.1, 0.15) is 6.10 Å². The summed E-state index contributed by atoms with van der Waals surface area (Å²) in [5.74, 6) is 1.67. The number of aliphatic imine (C=N–C) groups is 1. The topological polar surface area (TPSA) is 93.8 Å². The summed E-state index contributed by atoms with van der Waals surface area (Å²) in [6, 6.07) is 0. The van der Waals surface area contributed by atoms with E-state index in [0.717, 1.165) is 0 Å². The lowest BCUT2D eigenvalue weighted by Crippen LogP contribution is -2.45. The average Bonchev–Trinajstić information content (AvgIpc) is 2.96. The molecule has 0 spiro atoms. The van der Waals surface area contributed by atoms with E-state index >= 15 is 0 Å². The van der Waals surface area contributed by atoms with Crippen molar-refractivity contribution < 1.29 is 14.0 Å². The lowest BCUT2D eigenvalue weighted by molar-refractivity contribution is 0.0268. The van der Waals surface area contributed by atoms with E-state index < -0.39 is 0 Å². The number of hydrogen-bond donors (Lipinski definition) is 2. The first-order valence-corrected chi connectivity index (χ1v) is 7.35. The molecule has 0 radical (unpaired) electrons. The second-order valence-corrected chi connectivity index (χ2v) is 5.39. The highest BCUT2D eigenvalue weighted by Crippen LogP contribution is 2.12. The van der Waals surface area contributed by atoms with Crippen molar-refractivity contribution in [3.63, 3.8) is 0 Å². The third-order valence-corrected chi connectivity index (χ3v) is 3.13. The predicted molar refractivity (Wildman–Crippen MR) is 99.0 cm³/mol. The summed E-state index contributed by atoms with van der Waals surface area (Å²) in [7, 11) is 3.38. The quantitative estimate of drug-likeness (QED) is 0.362. The van der Waals surface area contributed by atoms with E-state index in [4.69, 9.17) is 14.0 Å². The number of methoxy groups -OCH3 is 1. The smallest absolute Gasteiger partial charge is 0.246 e. The van der Waals surface area contributed by atoms with Gasteiger partial charge in [0.05, 0.1) is 12.1 Å². The van der Waals surface area contributed by atoms with E-state index in [9.17, 15) is 0 Å². The van der Waals surface area contributed by atoms with Crippen molar-refractivity contribution in [2.75, 3.05) is 27.3 Å². The Labute approximate surface area is 154 Å². The zero-order chi connectivity index (χ0) is 16.6. The molecule has 0 saturated carbocycles. The molecule has 0 aliphatic carbocycles.